The van der Waals surface area contributed by atoms with E-state index >= 15 is 0 Å². The molecule has 1 aliphatic heterocycles. The van der Waals surface area contributed by atoms with E-state index in [1.165, 1.54) is 36.0 Å². The summed E-state index contributed by atoms with van der Waals surface area (Å²) < 4.78 is 27.1. The van der Waals surface area contributed by atoms with Crippen LogP contribution in [0.3, 0.4) is 0 Å². The van der Waals surface area contributed by atoms with Crippen molar-refractivity contribution in [2.24, 2.45) is 0 Å². The number of nitrogens with one attached hydrogen (secondary N) is 1. The van der Waals surface area contributed by atoms with E-state index in [0.29, 0.717) is 30.6 Å². The minimum Gasteiger partial charge on any atom is -0.349 e. The molecule has 1 N–H and O–H groups in total. The molecule has 0 aromatic heterocycles. The lowest BCUT2D eigenvalue weighted by molar-refractivity contribution is -0.122. The van der Waals surface area contributed by atoms with Gasteiger partial charge in [0.25, 0.3) is 5.24 Å². The number of amides is 2. The van der Waals surface area contributed by atoms with E-state index in [4.69, 9.17) is 0 Å². The van der Waals surface area contributed by atoms with Crippen molar-refractivity contribution >= 4 is 22.9 Å². The Kier molecular flexibility index (Phi) is 6.45. The molecule has 1 saturated heterocycles. The molecule has 4 nitrogen and oxygen atoms in total. The van der Waals surface area contributed by atoms with Crippen molar-refractivity contribution in [2.45, 2.75) is 18.9 Å². The molecule has 2 amide bonds. The highest BCUT2D eigenvalue weighted by Gasteiger charge is 2.22. The standard InChI is InChI=1S/C20H20F2N2O2S/c21-16-5-1-3-14(11-16)12-18(15-4-2-6-17(22)13-15)23-19(25)7-8-24-9-10-27-20(24)26/h1-6,11,13,18H,7-10,12H2,(H,23,25). The molecule has 0 bridgehead atoms. The second-order valence-electron chi connectivity index (χ2n) is 6.36. The highest BCUT2D eigenvalue weighted by atomic mass is 32.2. The topological polar surface area (TPSA) is 49.4 Å². The Morgan fingerprint density at radius 2 is 1.89 bits per heavy atom. The first-order chi connectivity index (χ1) is 13.0. The monoisotopic (exact) mass is 390 g/mol. The van der Waals surface area contributed by atoms with Crippen molar-refractivity contribution in [1.29, 1.82) is 0 Å². The van der Waals surface area contributed by atoms with Crippen LogP contribution in [-0.4, -0.2) is 34.9 Å². The molecule has 3 rings (SSSR count). The van der Waals surface area contributed by atoms with E-state index in [0.717, 1.165) is 5.75 Å². The molecular formula is C20H20F2N2O2S. The Bertz CT molecular complexity index is 831. The van der Waals surface area contributed by atoms with Gasteiger partial charge in [0.2, 0.25) is 5.91 Å². The van der Waals surface area contributed by atoms with Gasteiger partial charge in [-0.05, 0) is 41.8 Å². The van der Waals surface area contributed by atoms with Gasteiger partial charge in [0.15, 0.2) is 0 Å². The Hall–Kier alpha value is -2.41. The molecule has 2 aromatic carbocycles. The van der Waals surface area contributed by atoms with Gasteiger partial charge < -0.3 is 10.2 Å². The van der Waals surface area contributed by atoms with Gasteiger partial charge in [-0.3, -0.25) is 9.59 Å². The summed E-state index contributed by atoms with van der Waals surface area (Å²) in [7, 11) is 0. The van der Waals surface area contributed by atoms with Crippen LogP contribution < -0.4 is 5.32 Å². The minimum absolute atomic E-state index is 0.00996. The molecule has 1 atom stereocenters. The van der Waals surface area contributed by atoms with Gasteiger partial charge in [0.1, 0.15) is 11.6 Å². The first-order valence-corrected chi connectivity index (χ1v) is 9.71. The molecule has 1 fully saturated rings. The van der Waals surface area contributed by atoms with Crippen molar-refractivity contribution in [1.82, 2.24) is 10.2 Å². The lowest BCUT2D eigenvalue weighted by atomic mass is 9.98. The summed E-state index contributed by atoms with van der Waals surface area (Å²) in [4.78, 5) is 25.7. The summed E-state index contributed by atoms with van der Waals surface area (Å²) in [6, 6.07) is 11.6. The van der Waals surface area contributed by atoms with E-state index in [2.05, 4.69) is 5.32 Å². The fourth-order valence-electron chi connectivity index (χ4n) is 3.01. The van der Waals surface area contributed by atoms with Crippen molar-refractivity contribution in [2.75, 3.05) is 18.8 Å². The molecule has 0 radical (unpaired) electrons. The molecular weight excluding hydrogens is 370 g/mol. The van der Waals surface area contributed by atoms with Gasteiger partial charge in [-0.2, -0.15) is 0 Å². The first-order valence-electron chi connectivity index (χ1n) is 8.72. The van der Waals surface area contributed by atoms with Crippen LogP contribution in [0.25, 0.3) is 0 Å². The van der Waals surface area contributed by atoms with E-state index in [-0.39, 0.29) is 23.4 Å². The molecule has 27 heavy (non-hydrogen) atoms. The molecule has 0 spiro atoms. The third kappa shape index (κ3) is 5.53. The molecule has 0 saturated carbocycles. The maximum Gasteiger partial charge on any atom is 0.281 e. The van der Waals surface area contributed by atoms with Crippen molar-refractivity contribution < 1.29 is 18.4 Å². The number of carbonyl (C=O) groups is 2. The van der Waals surface area contributed by atoms with Crippen LogP contribution in [0.2, 0.25) is 0 Å². The SMILES string of the molecule is O=C(CCN1CCSC1=O)NC(Cc1cccc(F)c1)c1cccc(F)c1. The normalized spacial score (nSPS) is 15.0. The third-order valence-electron chi connectivity index (χ3n) is 4.37. The molecule has 1 heterocycles. The number of rotatable bonds is 7. The Morgan fingerprint density at radius 1 is 1.15 bits per heavy atom. The Labute approximate surface area is 160 Å². The molecule has 2 aromatic rings. The third-order valence-corrected chi connectivity index (χ3v) is 5.26. The van der Waals surface area contributed by atoms with Gasteiger partial charge >= 0.3 is 0 Å². The van der Waals surface area contributed by atoms with Crippen LogP contribution in [0.1, 0.15) is 23.6 Å². The molecule has 7 heteroatoms. The summed E-state index contributed by atoms with van der Waals surface area (Å²) >= 11 is 1.25. The number of hydrogen-bond acceptors (Lipinski definition) is 3. The second-order valence-corrected chi connectivity index (χ2v) is 7.41. The van der Waals surface area contributed by atoms with E-state index in [9.17, 15) is 18.4 Å². The van der Waals surface area contributed by atoms with E-state index in [1.54, 1.807) is 29.2 Å². The van der Waals surface area contributed by atoms with Crippen molar-refractivity contribution in [3.8, 4) is 0 Å². The average molecular weight is 390 g/mol. The lowest BCUT2D eigenvalue weighted by Gasteiger charge is -2.21. The van der Waals surface area contributed by atoms with E-state index in [1.807, 2.05) is 0 Å². The highest BCUT2D eigenvalue weighted by molar-refractivity contribution is 8.13. The summed E-state index contributed by atoms with van der Waals surface area (Å²) in [6.45, 7) is 1.00. The summed E-state index contributed by atoms with van der Waals surface area (Å²) in [6.07, 6.45) is 0.507. The average Bonchev–Trinajstić information content (AvgIpc) is 3.04. The zero-order valence-corrected chi connectivity index (χ0v) is 15.5. The predicted octanol–water partition coefficient (Wildman–Crippen LogP) is 3.92. The largest absolute Gasteiger partial charge is 0.349 e. The Balaban J connectivity index is 1.69. The van der Waals surface area contributed by atoms with Gasteiger partial charge in [-0.25, -0.2) is 8.78 Å². The van der Waals surface area contributed by atoms with Crippen molar-refractivity contribution in [3.05, 3.63) is 71.3 Å². The number of benzene rings is 2. The second kappa shape index (κ2) is 8.99. The van der Waals surface area contributed by atoms with Crippen molar-refractivity contribution in [3.63, 3.8) is 0 Å². The fraction of sp³-hybridized carbons (Fsp3) is 0.300. The number of thioether (sulfide) groups is 1. The molecule has 142 valence electrons. The smallest absolute Gasteiger partial charge is 0.281 e. The van der Waals surface area contributed by atoms with Crippen LogP contribution in [0.4, 0.5) is 13.6 Å². The minimum atomic E-state index is -0.487. The van der Waals surface area contributed by atoms with Crippen LogP contribution in [-0.2, 0) is 11.2 Å². The molecule has 1 unspecified atom stereocenters. The predicted molar refractivity (Wildman–Crippen MR) is 101 cm³/mol. The number of nitrogens with zero attached hydrogens (tertiary/aromatic N) is 1. The zero-order chi connectivity index (χ0) is 19.2. The highest BCUT2D eigenvalue weighted by Crippen LogP contribution is 2.21. The molecule has 0 aliphatic carbocycles. The zero-order valence-electron chi connectivity index (χ0n) is 14.7. The van der Waals surface area contributed by atoms with Gasteiger partial charge in [0, 0.05) is 25.3 Å². The van der Waals surface area contributed by atoms with Gasteiger partial charge in [-0.1, -0.05) is 36.0 Å². The van der Waals surface area contributed by atoms with E-state index < -0.39 is 11.9 Å². The van der Waals surface area contributed by atoms with Gasteiger partial charge in [0.05, 0.1) is 6.04 Å². The maximum atomic E-state index is 13.6. The Morgan fingerprint density at radius 3 is 2.56 bits per heavy atom. The summed E-state index contributed by atoms with van der Waals surface area (Å²) in [5, 5.41) is 2.88. The summed E-state index contributed by atoms with van der Waals surface area (Å²) in [5.41, 5.74) is 1.32. The first kappa shape index (κ1) is 19.4. The number of halogens is 2. The maximum absolute atomic E-state index is 13.6. The fourth-order valence-corrected chi connectivity index (χ4v) is 3.86. The quantitative estimate of drug-likeness (QED) is 0.780. The van der Waals surface area contributed by atoms with Crippen LogP contribution in [0.5, 0.6) is 0 Å². The summed E-state index contributed by atoms with van der Waals surface area (Å²) in [5.74, 6) is -0.246. The number of hydrogen-bond donors (Lipinski definition) is 1. The lowest BCUT2D eigenvalue weighted by Crippen LogP contribution is -2.34. The van der Waals surface area contributed by atoms with Crippen LogP contribution in [0.15, 0.2) is 48.5 Å². The molecule has 1 aliphatic rings. The van der Waals surface area contributed by atoms with Crippen LogP contribution >= 0.6 is 11.8 Å². The van der Waals surface area contributed by atoms with Crippen LogP contribution in [0, 0.1) is 11.6 Å². The number of carbonyl (C=O) groups excluding carboxylic acids is 2. The van der Waals surface area contributed by atoms with Gasteiger partial charge in [-0.15, -0.1) is 0 Å².